The molecule has 30 heavy (non-hydrogen) atoms. The van der Waals surface area contributed by atoms with Crippen LogP contribution in [-0.2, 0) is 19.1 Å². The Morgan fingerprint density at radius 3 is 2.67 bits per heavy atom. The summed E-state index contributed by atoms with van der Waals surface area (Å²) in [6, 6.07) is 0. The molecule has 0 aliphatic heterocycles. The maximum absolute atomic E-state index is 12.0. The quantitative estimate of drug-likeness (QED) is 0.188. The van der Waals surface area contributed by atoms with Crippen LogP contribution in [-0.4, -0.2) is 58.4 Å². The molecular formula is C22H36O7S. The van der Waals surface area contributed by atoms with Crippen molar-refractivity contribution < 1.29 is 34.4 Å². The van der Waals surface area contributed by atoms with Crippen molar-refractivity contribution in [2.45, 2.75) is 77.4 Å². The predicted octanol–water partition coefficient (Wildman–Crippen LogP) is 3.64. The molecule has 0 aromatic heterocycles. The van der Waals surface area contributed by atoms with Gasteiger partial charge in [0, 0.05) is 49.7 Å². The summed E-state index contributed by atoms with van der Waals surface area (Å²) in [6.45, 7) is 4.86. The summed E-state index contributed by atoms with van der Waals surface area (Å²) in [5.41, 5.74) is 0. The van der Waals surface area contributed by atoms with Crippen LogP contribution in [0.5, 0.6) is 0 Å². The van der Waals surface area contributed by atoms with Gasteiger partial charge in [0.05, 0.1) is 12.2 Å². The van der Waals surface area contributed by atoms with Crippen LogP contribution in [0.25, 0.3) is 0 Å². The van der Waals surface area contributed by atoms with Crippen LogP contribution in [0.4, 0.5) is 0 Å². The molecule has 1 rings (SSSR count). The molecule has 0 bridgehead atoms. The summed E-state index contributed by atoms with van der Waals surface area (Å²) in [5.74, 6) is -0.174. The molecule has 7 nitrogen and oxygen atoms in total. The second kappa shape index (κ2) is 15.5. The van der Waals surface area contributed by atoms with Crippen molar-refractivity contribution in [3.8, 4) is 0 Å². The van der Waals surface area contributed by atoms with Gasteiger partial charge in [0.2, 0.25) is 0 Å². The van der Waals surface area contributed by atoms with Crippen LogP contribution >= 0.6 is 11.8 Å². The number of carbonyl (C=O) groups excluding carboxylic acids is 1. The fraction of sp³-hybridized carbons (Fsp3) is 0.727. The fourth-order valence-electron chi connectivity index (χ4n) is 3.08. The van der Waals surface area contributed by atoms with Gasteiger partial charge in [0.15, 0.2) is 0 Å². The monoisotopic (exact) mass is 444 g/mol. The Labute approximate surface area is 183 Å². The van der Waals surface area contributed by atoms with Crippen LogP contribution in [0.15, 0.2) is 22.8 Å². The largest absolute Gasteiger partial charge is 0.481 e. The van der Waals surface area contributed by atoms with Crippen LogP contribution in [0.2, 0.25) is 0 Å². The highest BCUT2D eigenvalue weighted by Gasteiger charge is 2.34. The third kappa shape index (κ3) is 10.6. The lowest BCUT2D eigenvalue weighted by Gasteiger charge is -2.15. The van der Waals surface area contributed by atoms with E-state index in [1.165, 1.54) is 11.8 Å². The lowest BCUT2D eigenvalue weighted by Crippen LogP contribution is -2.15. The highest BCUT2D eigenvalue weighted by atomic mass is 32.2. The number of ether oxygens (including phenoxy) is 2. The Balaban J connectivity index is 2.74. The average molecular weight is 445 g/mol. The first-order valence-corrected chi connectivity index (χ1v) is 11.8. The average Bonchev–Trinajstić information content (AvgIpc) is 2.97. The number of hydrogen-bond acceptors (Lipinski definition) is 7. The first-order chi connectivity index (χ1) is 14.4. The molecule has 0 aromatic rings. The third-order valence-corrected chi connectivity index (χ3v) is 5.98. The van der Waals surface area contributed by atoms with E-state index >= 15 is 0 Å². The minimum absolute atomic E-state index is 0.164. The Morgan fingerprint density at radius 2 is 2.00 bits per heavy atom. The first kappa shape index (κ1) is 26.7. The van der Waals surface area contributed by atoms with E-state index in [-0.39, 0.29) is 24.7 Å². The van der Waals surface area contributed by atoms with Crippen LogP contribution in [0, 0.1) is 5.92 Å². The van der Waals surface area contributed by atoms with E-state index in [0.717, 1.165) is 23.5 Å². The van der Waals surface area contributed by atoms with E-state index in [1.807, 2.05) is 13.8 Å². The Bertz CT molecular complexity index is 588. The molecule has 0 saturated heterocycles. The normalized spacial score (nSPS) is 20.1. The van der Waals surface area contributed by atoms with Gasteiger partial charge in [-0.1, -0.05) is 25.5 Å². The van der Waals surface area contributed by atoms with Crippen molar-refractivity contribution in [3.05, 3.63) is 22.8 Å². The summed E-state index contributed by atoms with van der Waals surface area (Å²) in [4.78, 5) is 23.4. The number of hydrogen-bond donors (Lipinski definition) is 3. The maximum atomic E-state index is 12.0. The molecule has 3 N–H and O–H groups in total. The maximum Gasteiger partial charge on any atom is 0.310 e. The van der Waals surface area contributed by atoms with Gasteiger partial charge >= 0.3 is 11.9 Å². The Morgan fingerprint density at radius 1 is 1.23 bits per heavy atom. The molecule has 0 spiro atoms. The standard InChI is InChI=1S/C22H36O7S/c1-3-8-21(27)29-19-15-18(24)17(11-10-16(23)12-13-28-4-2)22(19)30-14-7-5-6-9-20(25)26/h10-11,16-18,23-24H,3-9,12-15H2,1-2H3,(H,25,26)/t16-,17+,18-/m1/s1. The van der Waals surface area contributed by atoms with E-state index in [9.17, 15) is 19.8 Å². The second-order valence-corrected chi connectivity index (χ2v) is 8.44. The lowest BCUT2D eigenvalue weighted by molar-refractivity contribution is -0.140. The predicted molar refractivity (Wildman–Crippen MR) is 117 cm³/mol. The number of carbonyl (C=O) groups is 2. The van der Waals surface area contributed by atoms with E-state index < -0.39 is 18.2 Å². The number of aliphatic hydroxyl groups is 2. The number of unbranched alkanes of at least 4 members (excludes halogenated alkanes) is 2. The molecule has 172 valence electrons. The highest BCUT2D eigenvalue weighted by Crippen LogP contribution is 2.41. The number of aliphatic carboxylic acids is 1. The van der Waals surface area contributed by atoms with E-state index in [4.69, 9.17) is 14.6 Å². The van der Waals surface area contributed by atoms with Gasteiger partial charge in [-0.2, -0.15) is 0 Å². The second-order valence-electron chi connectivity index (χ2n) is 7.30. The van der Waals surface area contributed by atoms with Crippen LogP contribution < -0.4 is 0 Å². The minimum atomic E-state index is -0.789. The zero-order valence-corrected chi connectivity index (χ0v) is 18.9. The topological polar surface area (TPSA) is 113 Å². The van der Waals surface area contributed by atoms with Gasteiger partial charge in [0.1, 0.15) is 5.76 Å². The number of carboxylic acid groups (broad SMARTS) is 1. The summed E-state index contributed by atoms with van der Waals surface area (Å²) in [7, 11) is 0. The van der Waals surface area contributed by atoms with Gasteiger partial charge in [-0.3, -0.25) is 9.59 Å². The molecule has 0 radical (unpaired) electrons. The first-order valence-electron chi connectivity index (χ1n) is 10.8. The van der Waals surface area contributed by atoms with E-state index in [1.54, 1.807) is 12.2 Å². The molecule has 0 heterocycles. The van der Waals surface area contributed by atoms with Crippen molar-refractivity contribution >= 4 is 23.7 Å². The van der Waals surface area contributed by atoms with E-state index in [0.29, 0.717) is 44.7 Å². The zero-order chi connectivity index (χ0) is 22.4. The molecule has 0 fully saturated rings. The van der Waals surface area contributed by atoms with Crippen molar-refractivity contribution in [3.63, 3.8) is 0 Å². The van der Waals surface area contributed by atoms with Gasteiger partial charge in [-0.25, -0.2) is 0 Å². The molecule has 0 aromatic carbocycles. The minimum Gasteiger partial charge on any atom is -0.481 e. The number of rotatable bonds is 16. The fourth-order valence-corrected chi connectivity index (χ4v) is 4.37. The smallest absolute Gasteiger partial charge is 0.310 e. The molecule has 0 saturated carbocycles. The van der Waals surface area contributed by atoms with Crippen LogP contribution in [0.1, 0.15) is 65.2 Å². The molecule has 8 heteroatoms. The lowest BCUT2D eigenvalue weighted by atomic mass is 10.0. The van der Waals surface area contributed by atoms with Gasteiger partial charge in [-0.15, -0.1) is 11.8 Å². The zero-order valence-electron chi connectivity index (χ0n) is 18.0. The molecule has 1 aliphatic carbocycles. The summed E-state index contributed by atoms with van der Waals surface area (Å²) in [6.07, 6.45) is 6.25. The molecule has 1 aliphatic rings. The highest BCUT2D eigenvalue weighted by molar-refractivity contribution is 8.03. The number of aliphatic hydroxyl groups excluding tert-OH is 2. The molecular weight excluding hydrogens is 408 g/mol. The van der Waals surface area contributed by atoms with Crippen molar-refractivity contribution in [2.75, 3.05) is 19.0 Å². The van der Waals surface area contributed by atoms with Crippen molar-refractivity contribution in [2.24, 2.45) is 5.92 Å². The van der Waals surface area contributed by atoms with Gasteiger partial charge < -0.3 is 24.8 Å². The number of thioether (sulfide) groups is 1. The summed E-state index contributed by atoms with van der Waals surface area (Å²) in [5, 5.41) is 29.4. The summed E-state index contributed by atoms with van der Waals surface area (Å²) < 4.78 is 10.8. The Kier molecular flexibility index (Phi) is 13.7. The molecule has 0 amide bonds. The third-order valence-electron chi connectivity index (χ3n) is 4.67. The number of esters is 1. The van der Waals surface area contributed by atoms with Gasteiger partial charge in [0.25, 0.3) is 0 Å². The van der Waals surface area contributed by atoms with Crippen molar-refractivity contribution in [1.29, 1.82) is 0 Å². The van der Waals surface area contributed by atoms with Crippen LogP contribution in [0.3, 0.4) is 0 Å². The van der Waals surface area contributed by atoms with E-state index in [2.05, 4.69) is 0 Å². The Hall–Kier alpha value is -1.35. The SMILES string of the molecule is CCCC(=O)OC1=C(SCCCCCC(=O)O)[C@@H](C=C[C@@H](O)CCOCC)[C@H](O)C1. The molecule has 3 atom stereocenters. The molecule has 0 unspecified atom stereocenters. The number of carboxylic acids is 1. The van der Waals surface area contributed by atoms with Gasteiger partial charge in [-0.05, 0) is 31.9 Å². The van der Waals surface area contributed by atoms with Crippen molar-refractivity contribution in [1.82, 2.24) is 0 Å². The summed E-state index contributed by atoms with van der Waals surface area (Å²) >= 11 is 1.53.